The molecular formula is C15H20N2O6. The predicted molar refractivity (Wildman–Crippen MR) is 81.4 cm³/mol. The fourth-order valence-electron chi connectivity index (χ4n) is 2.33. The number of carbonyl (C=O) groups is 1. The molecule has 1 fully saturated rings. The van der Waals surface area contributed by atoms with Crippen LogP contribution in [-0.2, 0) is 14.3 Å². The third-order valence-corrected chi connectivity index (χ3v) is 3.37. The molecule has 2 rings (SSSR count). The highest BCUT2D eigenvalue weighted by atomic mass is 16.6. The van der Waals surface area contributed by atoms with Crippen LogP contribution >= 0.6 is 0 Å². The van der Waals surface area contributed by atoms with E-state index in [1.165, 1.54) is 6.07 Å². The quantitative estimate of drug-likeness (QED) is 0.423. The number of benzene rings is 1. The van der Waals surface area contributed by atoms with Gasteiger partial charge in [-0.25, -0.2) is 0 Å². The van der Waals surface area contributed by atoms with Gasteiger partial charge in [0.25, 0.3) is 0 Å². The lowest BCUT2D eigenvalue weighted by Gasteiger charge is -2.31. The summed E-state index contributed by atoms with van der Waals surface area (Å²) >= 11 is 0. The van der Waals surface area contributed by atoms with Gasteiger partial charge in [-0.1, -0.05) is 12.1 Å². The molecule has 1 saturated heterocycles. The van der Waals surface area contributed by atoms with Crippen LogP contribution in [-0.4, -0.2) is 61.4 Å². The van der Waals surface area contributed by atoms with E-state index < -0.39 is 4.92 Å². The second kappa shape index (κ2) is 8.44. The Morgan fingerprint density at radius 3 is 3.00 bits per heavy atom. The lowest BCUT2D eigenvalue weighted by Crippen LogP contribution is -2.47. The summed E-state index contributed by atoms with van der Waals surface area (Å²) in [5.74, 6) is -0.0589. The Bertz CT molecular complexity index is 551. The molecule has 126 valence electrons. The van der Waals surface area contributed by atoms with Crippen LogP contribution in [0.1, 0.15) is 6.92 Å². The van der Waals surface area contributed by atoms with Crippen LogP contribution in [0, 0.1) is 10.1 Å². The van der Waals surface area contributed by atoms with Crippen molar-refractivity contribution in [2.24, 2.45) is 0 Å². The maximum Gasteiger partial charge on any atom is 0.320 e. The van der Waals surface area contributed by atoms with Crippen molar-refractivity contribution in [1.82, 2.24) is 4.90 Å². The van der Waals surface area contributed by atoms with Gasteiger partial charge in [-0.05, 0) is 13.0 Å². The standard InChI is InChI=1S/C15H20N2O6/c1-2-21-15(18)10-16-7-8-22-12(9-16)11-23-14-6-4-3-5-13(14)17(19)20/h3-6,12H,2,7-11H2,1H3/t12-/m0/s1. The highest BCUT2D eigenvalue weighted by Crippen LogP contribution is 2.26. The molecule has 1 atom stereocenters. The van der Waals surface area contributed by atoms with Gasteiger partial charge in [0.1, 0.15) is 12.7 Å². The van der Waals surface area contributed by atoms with E-state index in [0.29, 0.717) is 26.3 Å². The second-order valence-corrected chi connectivity index (χ2v) is 5.07. The molecule has 0 N–H and O–H groups in total. The van der Waals surface area contributed by atoms with Gasteiger partial charge in [0.2, 0.25) is 0 Å². The summed E-state index contributed by atoms with van der Waals surface area (Å²) in [6, 6.07) is 6.21. The van der Waals surface area contributed by atoms with Gasteiger partial charge in [-0.2, -0.15) is 0 Å². The lowest BCUT2D eigenvalue weighted by molar-refractivity contribution is -0.385. The third kappa shape index (κ3) is 5.19. The largest absolute Gasteiger partial charge is 0.484 e. The van der Waals surface area contributed by atoms with Crippen molar-refractivity contribution >= 4 is 11.7 Å². The Morgan fingerprint density at radius 1 is 1.48 bits per heavy atom. The average molecular weight is 324 g/mol. The van der Waals surface area contributed by atoms with Crippen molar-refractivity contribution in [3.05, 3.63) is 34.4 Å². The molecule has 1 aliphatic rings. The molecule has 8 nitrogen and oxygen atoms in total. The Morgan fingerprint density at radius 2 is 2.26 bits per heavy atom. The zero-order valence-corrected chi connectivity index (χ0v) is 13.0. The average Bonchev–Trinajstić information content (AvgIpc) is 2.53. The summed E-state index contributed by atoms with van der Waals surface area (Å²) in [6.45, 7) is 4.14. The lowest BCUT2D eigenvalue weighted by atomic mass is 10.2. The molecule has 1 aromatic rings. The molecule has 0 radical (unpaired) electrons. The number of morpholine rings is 1. The van der Waals surface area contributed by atoms with Crippen molar-refractivity contribution in [2.45, 2.75) is 13.0 Å². The summed E-state index contributed by atoms with van der Waals surface area (Å²) < 4.78 is 16.0. The maximum absolute atomic E-state index is 11.5. The first-order valence-corrected chi connectivity index (χ1v) is 7.46. The van der Waals surface area contributed by atoms with Crippen molar-refractivity contribution < 1.29 is 23.9 Å². The van der Waals surface area contributed by atoms with E-state index in [-0.39, 0.29) is 36.7 Å². The first kappa shape index (κ1) is 17.2. The molecule has 8 heteroatoms. The van der Waals surface area contributed by atoms with Crippen molar-refractivity contribution in [2.75, 3.05) is 39.5 Å². The van der Waals surface area contributed by atoms with E-state index in [0.717, 1.165) is 0 Å². The molecule has 0 amide bonds. The number of nitro benzene ring substituents is 1. The van der Waals surface area contributed by atoms with E-state index in [4.69, 9.17) is 14.2 Å². The number of nitrogens with zero attached hydrogens (tertiary/aromatic N) is 2. The number of hydrogen-bond acceptors (Lipinski definition) is 7. The van der Waals surface area contributed by atoms with Crippen LogP contribution in [0.5, 0.6) is 5.75 Å². The summed E-state index contributed by atoms with van der Waals surface area (Å²) in [7, 11) is 0. The first-order chi connectivity index (χ1) is 11.1. The zero-order valence-electron chi connectivity index (χ0n) is 13.0. The topological polar surface area (TPSA) is 91.1 Å². The first-order valence-electron chi connectivity index (χ1n) is 7.46. The van der Waals surface area contributed by atoms with Crippen molar-refractivity contribution in [1.29, 1.82) is 0 Å². The third-order valence-electron chi connectivity index (χ3n) is 3.37. The fourth-order valence-corrected chi connectivity index (χ4v) is 2.33. The monoisotopic (exact) mass is 324 g/mol. The molecule has 1 aliphatic heterocycles. The van der Waals surface area contributed by atoms with E-state index in [1.54, 1.807) is 25.1 Å². The number of esters is 1. The fraction of sp³-hybridized carbons (Fsp3) is 0.533. The molecule has 0 bridgehead atoms. The minimum Gasteiger partial charge on any atom is -0.484 e. The Balaban J connectivity index is 1.86. The number of carbonyl (C=O) groups excluding carboxylic acids is 1. The summed E-state index contributed by atoms with van der Waals surface area (Å²) in [6.07, 6.45) is -0.252. The highest BCUT2D eigenvalue weighted by molar-refractivity contribution is 5.71. The maximum atomic E-state index is 11.5. The minimum atomic E-state index is -0.482. The number of nitro groups is 1. The predicted octanol–water partition coefficient (Wildman–Crippen LogP) is 1.24. The van der Waals surface area contributed by atoms with Gasteiger partial charge in [0, 0.05) is 19.2 Å². The Labute approximate surface area is 134 Å². The minimum absolute atomic E-state index is 0.0771. The second-order valence-electron chi connectivity index (χ2n) is 5.07. The molecule has 0 aliphatic carbocycles. The summed E-state index contributed by atoms with van der Waals surface area (Å²) in [4.78, 5) is 23.9. The summed E-state index contributed by atoms with van der Waals surface area (Å²) in [5, 5.41) is 10.9. The van der Waals surface area contributed by atoms with E-state index in [1.807, 2.05) is 4.90 Å². The molecule has 0 aromatic heterocycles. The number of para-hydroxylation sites is 2. The van der Waals surface area contributed by atoms with Gasteiger partial charge >= 0.3 is 11.7 Å². The molecule has 0 unspecified atom stereocenters. The van der Waals surface area contributed by atoms with E-state index in [2.05, 4.69) is 0 Å². The number of ether oxygens (including phenoxy) is 3. The van der Waals surface area contributed by atoms with Gasteiger partial charge in [-0.15, -0.1) is 0 Å². The Hall–Kier alpha value is -2.19. The Kier molecular flexibility index (Phi) is 6.30. The van der Waals surface area contributed by atoms with Gasteiger partial charge in [-0.3, -0.25) is 19.8 Å². The van der Waals surface area contributed by atoms with Crippen molar-refractivity contribution in [3.8, 4) is 5.75 Å². The van der Waals surface area contributed by atoms with E-state index in [9.17, 15) is 14.9 Å². The number of rotatable bonds is 7. The number of hydrogen-bond donors (Lipinski definition) is 0. The van der Waals surface area contributed by atoms with Crippen LogP contribution in [0.25, 0.3) is 0 Å². The van der Waals surface area contributed by atoms with Gasteiger partial charge in [0.15, 0.2) is 5.75 Å². The molecule has 0 saturated carbocycles. The van der Waals surface area contributed by atoms with Crippen molar-refractivity contribution in [3.63, 3.8) is 0 Å². The zero-order chi connectivity index (χ0) is 16.7. The molecule has 0 spiro atoms. The van der Waals surface area contributed by atoms with Crippen LogP contribution in [0.4, 0.5) is 5.69 Å². The molecular weight excluding hydrogens is 304 g/mol. The highest BCUT2D eigenvalue weighted by Gasteiger charge is 2.24. The van der Waals surface area contributed by atoms with Crippen LogP contribution in [0.15, 0.2) is 24.3 Å². The van der Waals surface area contributed by atoms with Gasteiger partial charge < -0.3 is 14.2 Å². The van der Waals surface area contributed by atoms with E-state index >= 15 is 0 Å². The van der Waals surface area contributed by atoms with Crippen LogP contribution in [0.2, 0.25) is 0 Å². The smallest absolute Gasteiger partial charge is 0.320 e. The normalized spacial score (nSPS) is 18.4. The van der Waals surface area contributed by atoms with Crippen LogP contribution < -0.4 is 4.74 Å². The van der Waals surface area contributed by atoms with Crippen LogP contribution in [0.3, 0.4) is 0 Å². The molecule has 1 heterocycles. The molecule has 23 heavy (non-hydrogen) atoms. The van der Waals surface area contributed by atoms with Gasteiger partial charge in [0.05, 0.1) is 24.7 Å². The molecule has 1 aromatic carbocycles. The summed E-state index contributed by atoms with van der Waals surface area (Å²) in [5.41, 5.74) is -0.0771. The SMILES string of the molecule is CCOC(=O)CN1CCO[C@H](COc2ccccc2[N+](=O)[O-])C1.